The van der Waals surface area contributed by atoms with Gasteiger partial charge in [0.1, 0.15) is 17.3 Å². The Hall–Kier alpha value is -1.72. The highest BCUT2D eigenvalue weighted by molar-refractivity contribution is 7.99. The third-order valence-electron chi connectivity index (χ3n) is 3.02. The van der Waals surface area contributed by atoms with Gasteiger partial charge in [-0.15, -0.1) is 11.8 Å². The monoisotopic (exact) mass is 308 g/mol. The number of hydrogen-bond acceptors (Lipinski definition) is 4. The molecule has 2 aromatic rings. The molecule has 0 fully saturated rings. The van der Waals surface area contributed by atoms with Crippen molar-refractivity contribution in [2.45, 2.75) is 11.0 Å². The Morgan fingerprint density at radius 2 is 1.81 bits per heavy atom. The fourth-order valence-corrected chi connectivity index (χ4v) is 2.75. The summed E-state index contributed by atoms with van der Waals surface area (Å²) >= 11 is 1.45. The summed E-state index contributed by atoms with van der Waals surface area (Å²) in [6.07, 6.45) is -0.704. The first kappa shape index (κ1) is 15.7. The Morgan fingerprint density at radius 3 is 2.43 bits per heavy atom. The quantitative estimate of drug-likeness (QED) is 0.827. The van der Waals surface area contributed by atoms with E-state index in [1.165, 1.54) is 23.9 Å². The smallest absolute Gasteiger partial charge is 0.124 e. The maximum absolute atomic E-state index is 12.8. The van der Waals surface area contributed by atoms with Gasteiger partial charge in [-0.3, -0.25) is 0 Å². The molecule has 0 saturated heterocycles. The van der Waals surface area contributed by atoms with Crippen LogP contribution in [0.1, 0.15) is 11.7 Å². The second kappa shape index (κ2) is 7.33. The van der Waals surface area contributed by atoms with E-state index in [4.69, 9.17) is 9.47 Å². The first-order chi connectivity index (χ1) is 10.1. The van der Waals surface area contributed by atoms with E-state index in [1.807, 2.05) is 0 Å². The number of halogens is 1. The first-order valence-electron chi connectivity index (χ1n) is 6.42. The van der Waals surface area contributed by atoms with Gasteiger partial charge in [-0.1, -0.05) is 0 Å². The van der Waals surface area contributed by atoms with Crippen molar-refractivity contribution >= 4 is 11.8 Å². The highest BCUT2D eigenvalue weighted by Crippen LogP contribution is 2.32. The van der Waals surface area contributed by atoms with Gasteiger partial charge in [0.2, 0.25) is 0 Å². The van der Waals surface area contributed by atoms with Crippen molar-refractivity contribution in [1.82, 2.24) is 0 Å². The Bertz CT molecular complexity index is 587. The van der Waals surface area contributed by atoms with Crippen molar-refractivity contribution in [2.75, 3.05) is 20.0 Å². The molecule has 2 aromatic carbocycles. The Balaban J connectivity index is 2.08. The van der Waals surface area contributed by atoms with Crippen LogP contribution in [0.5, 0.6) is 11.5 Å². The van der Waals surface area contributed by atoms with E-state index in [9.17, 15) is 9.50 Å². The van der Waals surface area contributed by atoms with Crippen LogP contribution in [-0.2, 0) is 0 Å². The van der Waals surface area contributed by atoms with Crippen LogP contribution in [0.25, 0.3) is 0 Å². The molecule has 0 saturated carbocycles. The minimum atomic E-state index is -0.704. The minimum Gasteiger partial charge on any atom is -0.497 e. The maximum atomic E-state index is 12.8. The summed E-state index contributed by atoms with van der Waals surface area (Å²) in [5.41, 5.74) is 0.673. The predicted molar refractivity (Wildman–Crippen MR) is 81.6 cm³/mol. The van der Waals surface area contributed by atoms with Crippen LogP contribution in [0.4, 0.5) is 4.39 Å². The van der Waals surface area contributed by atoms with Crippen molar-refractivity contribution in [3.63, 3.8) is 0 Å². The third kappa shape index (κ3) is 4.12. The average molecular weight is 308 g/mol. The summed E-state index contributed by atoms with van der Waals surface area (Å²) < 4.78 is 23.3. The van der Waals surface area contributed by atoms with Crippen LogP contribution in [0, 0.1) is 5.82 Å². The second-order valence-corrected chi connectivity index (χ2v) is 5.48. The summed E-state index contributed by atoms with van der Waals surface area (Å²) in [7, 11) is 3.14. The molecular formula is C16H17FO3S. The summed E-state index contributed by atoms with van der Waals surface area (Å²) in [4.78, 5) is 0.900. The number of hydrogen-bond donors (Lipinski definition) is 1. The zero-order valence-electron chi connectivity index (χ0n) is 11.9. The SMILES string of the molecule is COc1ccc(OC)c(C(O)CSc2ccc(F)cc2)c1. The van der Waals surface area contributed by atoms with E-state index in [0.29, 0.717) is 22.8 Å². The zero-order chi connectivity index (χ0) is 15.2. The van der Waals surface area contributed by atoms with Gasteiger partial charge < -0.3 is 14.6 Å². The van der Waals surface area contributed by atoms with Gasteiger partial charge in [-0.25, -0.2) is 4.39 Å². The molecule has 112 valence electrons. The summed E-state index contributed by atoms with van der Waals surface area (Å²) in [5.74, 6) is 1.45. The van der Waals surface area contributed by atoms with Gasteiger partial charge in [-0.2, -0.15) is 0 Å². The number of thioether (sulfide) groups is 1. The molecule has 0 aliphatic heterocycles. The topological polar surface area (TPSA) is 38.7 Å². The standard InChI is InChI=1S/C16H17FO3S/c1-19-12-5-8-16(20-2)14(9-12)15(18)10-21-13-6-3-11(17)4-7-13/h3-9,15,18H,10H2,1-2H3. The van der Waals surface area contributed by atoms with Crippen molar-refractivity contribution < 1.29 is 19.0 Å². The normalized spacial score (nSPS) is 12.0. The molecule has 21 heavy (non-hydrogen) atoms. The average Bonchev–Trinajstić information content (AvgIpc) is 2.53. The van der Waals surface area contributed by atoms with Crippen molar-refractivity contribution in [3.05, 3.63) is 53.8 Å². The third-order valence-corrected chi connectivity index (χ3v) is 4.11. The fourth-order valence-electron chi connectivity index (χ4n) is 1.90. The van der Waals surface area contributed by atoms with Crippen LogP contribution < -0.4 is 9.47 Å². The highest BCUT2D eigenvalue weighted by Gasteiger charge is 2.15. The number of methoxy groups -OCH3 is 2. The molecule has 1 atom stereocenters. The zero-order valence-corrected chi connectivity index (χ0v) is 12.7. The van der Waals surface area contributed by atoms with Crippen LogP contribution in [0.15, 0.2) is 47.4 Å². The number of rotatable bonds is 6. The van der Waals surface area contributed by atoms with Gasteiger partial charge in [-0.05, 0) is 42.5 Å². The van der Waals surface area contributed by atoms with Gasteiger partial charge in [0, 0.05) is 16.2 Å². The van der Waals surface area contributed by atoms with Crippen LogP contribution in [-0.4, -0.2) is 25.1 Å². The van der Waals surface area contributed by atoms with Gasteiger partial charge in [0.05, 0.1) is 20.3 Å². The summed E-state index contributed by atoms with van der Waals surface area (Å²) in [6, 6.07) is 11.5. The molecular weight excluding hydrogens is 291 g/mol. The van der Waals surface area contributed by atoms with E-state index >= 15 is 0 Å². The van der Waals surface area contributed by atoms with Crippen molar-refractivity contribution in [2.24, 2.45) is 0 Å². The van der Waals surface area contributed by atoms with Crippen LogP contribution in [0.2, 0.25) is 0 Å². The Morgan fingerprint density at radius 1 is 1.10 bits per heavy atom. The van der Waals surface area contributed by atoms with Crippen LogP contribution in [0.3, 0.4) is 0 Å². The minimum absolute atomic E-state index is 0.269. The molecule has 1 unspecified atom stereocenters. The molecule has 3 nitrogen and oxygen atoms in total. The van der Waals surface area contributed by atoms with E-state index in [0.717, 1.165) is 4.90 Å². The van der Waals surface area contributed by atoms with Crippen molar-refractivity contribution in [3.8, 4) is 11.5 Å². The Labute approximate surface area is 127 Å². The summed E-state index contributed by atoms with van der Waals surface area (Å²) in [5, 5.41) is 10.3. The lowest BCUT2D eigenvalue weighted by Crippen LogP contribution is -2.04. The van der Waals surface area contributed by atoms with E-state index < -0.39 is 6.10 Å². The second-order valence-electron chi connectivity index (χ2n) is 4.39. The lowest BCUT2D eigenvalue weighted by atomic mass is 10.1. The van der Waals surface area contributed by atoms with E-state index in [1.54, 1.807) is 44.6 Å². The van der Waals surface area contributed by atoms with Gasteiger partial charge in [0.25, 0.3) is 0 Å². The predicted octanol–water partition coefficient (Wildman–Crippen LogP) is 3.67. The molecule has 0 aromatic heterocycles. The molecule has 5 heteroatoms. The first-order valence-corrected chi connectivity index (χ1v) is 7.41. The van der Waals surface area contributed by atoms with E-state index in [2.05, 4.69) is 0 Å². The number of aliphatic hydroxyl groups is 1. The molecule has 0 heterocycles. The number of benzene rings is 2. The highest BCUT2D eigenvalue weighted by atomic mass is 32.2. The van der Waals surface area contributed by atoms with Crippen molar-refractivity contribution in [1.29, 1.82) is 0 Å². The Kier molecular flexibility index (Phi) is 5.47. The molecule has 2 rings (SSSR count). The lowest BCUT2D eigenvalue weighted by molar-refractivity contribution is 0.198. The van der Waals surface area contributed by atoms with E-state index in [-0.39, 0.29) is 5.82 Å². The fraction of sp³-hybridized carbons (Fsp3) is 0.250. The van der Waals surface area contributed by atoms with Crippen LogP contribution >= 0.6 is 11.8 Å². The molecule has 0 bridgehead atoms. The molecule has 0 spiro atoms. The molecule has 0 amide bonds. The molecule has 0 radical (unpaired) electrons. The van der Waals surface area contributed by atoms with Gasteiger partial charge in [0.15, 0.2) is 0 Å². The number of ether oxygens (including phenoxy) is 2. The lowest BCUT2D eigenvalue weighted by Gasteiger charge is -2.15. The number of aliphatic hydroxyl groups excluding tert-OH is 1. The molecule has 1 N–H and O–H groups in total. The summed E-state index contributed by atoms with van der Waals surface area (Å²) in [6.45, 7) is 0. The van der Waals surface area contributed by atoms with Gasteiger partial charge >= 0.3 is 0 Å². The molecule has 0 aliphatic carbocycles. The maximum Gasteiger partial charge on any atom is 0.124 e. The molecule has 0 aliphatic rings. The largest absolute Gasteiger partial charge is 0.497 e.